The fourth-order valence-electron chi connectivity index (χ4n) is 3.50. The number of hydrogen-bond acceptors (Lipinski definition) is 5. The minimum absolute atomic E-state index is 0.0188. The van der Waals surface area contributed by atoms with Crippen LogP contribution >= 0.6 is 20.2 Å². The van der Waals surface area contributed by atoms with Gasteiger partial charge in [0, 0.05) is 35.3 Å². The predicted molar refractivity (Wildman–Crippen MR) is 145 cm³/mol. The van der Waals surface area contributed by atoms with Crippen molar-refractivity contribution in [3.63, 3.8) is 0 Å². The molecule has 0 fully saturated rings. The van der Waals surface area contributed by atoms with E-state index in [-0.39, 0.29) is 22.7 Å². The maximum atomic E-state index is 14.8. The number of rotatable bonds is 12. The predicted octanol–water partition coefficient (Wildman–Crippen LogP) is 7.03. The fourth-order valence-corrected chi connectivity index (χ4v) is 4.85. The van der Waals surface area contributed by atoms with Crippen molar-refractivity contribution in [2.45, 2.75) is 72.3 Å². The summed E-state index contributed by atoms with van der Waals surface area (Å²) in [7, 11) is -1.48. The molecular weight excluding hydrogens is 502 g/mol. The number of pyridine rings is 1. The number of hydrogen-bond donors (Lipinski definition) is 2. The molecule has 0 aliphatic heterocycles. The van der Waals surface area contributed by atoms with Crippen molar-refractivity contribution in [2.24, 2.45) is 0 Å². The van der Waals surface area contributed by atoms with Crippen LogP contribution in [0.3, 0.4) is 0 Å². The first-order valence-electron chi connectivity index (χ1n) is 12.1. The summed E-state index contributed by atoms with van der Waals surface area (Å²) in [5.41, 5.74) is 2.00. The molecule has 2 aromatic carbocycles. The summed E-state index contributed by atoms with van der Waals surface area (Å²) in [6.45, 7) is 11.1. The van der Waals surface area contributed by atoms with E-state index in [4.69, 9.17) is 25.2 Å². The molecule has 36 heavy (non-hydrogen) atoms. The highest BCUT2D eigenvalue weighted by atomic mass is 35.5. The first kappa shape index (κ1) is 28.7. The lowest BCUT2D eigenvalue weighted by atomic mass is 10.0. The van der Waals surface area contributed by atoms with Crippen molar-refractivity contribution < 1.29 is 18.0 Å². The van der Waals surface area contributed by atoms with Crippen LogP contribution in [0.25, 0.3) is 10.9 Å². The molecule has 0 spiro atoms. The average Bonchev–Trinajstić information content (AvgIpc) is 2.78. The second-order valence-electron chi connectivity index (χ2n) is 9.89. The lowest BCUT2D eigenvalue weighted by molar-refractivity contribution is 0.0628. The third kappa shape index (κ3) is 8.91. The molecular formula is C27H35ClFN2O4P. The standard InChI is InChI=1S/C27H35ClFN2O4P/c1-18(2)34-36(35-27(3,4)5)33-12-6-7-20-13-23-25(24(29)14-20)31-17-21(26(23)32)16-30-15-19-8-10-22(28)11-9-19/h8-11,13-14,17-18,30H,6-7,12,15-16H2,1-5H3,(H,31,32). The molecule has 1 atom stereocenters. The number of halogens is 2. The topological polar surface area (TPSA) is 72.6 Å². The van der Waals surface area contributed by atoms with Gasteiger partial charge in [0.25, 0.3) is 0 Å². The number of fused-ring (bicyclic) bond motifs is 1. The molecule has 1 heterocycles. The third-order valence-corrected chi connectivity index (χ3v) is 7.02. The van der Waals surface area contributed by atoms with E-state index in [1.54, 1.807) is 12.3 Å². The van der Waals surface area contributed by atoms with Crippen LogP contribution in [0.15, 0.2) is 47.4 Å². The zero-order chi connectivity index (χ0) is 26.3. The Morgan fingerprint density at radius 3 is 2.50 bits per heavy atom. The molecule has 0 bridgehead atoms. The van der Waals surface area contributed by atoms with Gasteiger partial charge in [-0.05, 0) is 82.9 Å². The highest BCUT2D eigenvalue weighted by Gasteiger charge is 2.23. The van der Waals surface area contributed by atoms with Crippen LogP contribution in [-0.4, -0.2) is 23.3 Å². The van der Waals surface area contributed by atoms with E-state index in [2.05, 4.69) is 10.3 Å². The number of H-pyrrole nitrogens is 1. The monoisotopic (exact) mass is 536 g/mol. The number of aromatic nitrogens is 1. The molecule has 2 N–H and O–H groups in total. The third-order valence-electron chi connectivity index (χ3n) is 5.09. The van der Waals surface area contributed by atoms with Crippen molar-refractivity contribution >= 4 is 31.1 Å². The lowest BCUT2D eigenvalue weighted by Crippen LogP contribution is -2.20. The molecule has 3 rings (SSSR count). The van der Waals surface area contributed by atoms with E-state index in [0.717, 1.165) is 11.1 Å². The van der Waals surface area contributed by atoms with Crippen molar-refractivity contribution in [3.05, 3.63) is 80.3 Å². The van der Waals surface area contributed by atoms with Gasteiger partial charge in [-0.1, -0.05) is 23.7 Å². The summed E-state index contributed by atoms with van der Waals surface area (Å²) in [6.07, 6.45) is 2.75. The Morgan fingerprint density at radius 2 is 1.83 bits per heavy atom. The Bertz CT molecular complexity index is 1200. The zero-order valence-electron chi connectivity index (χ0n) is 21.5. The molecule has 0 saturated carbocycles. The van der Waals surface area contributed by atoms with Crippen molar-refractivity contribution in [1.82, 2.24) is 10.3 Å². The van der Waals surface area contributed by atoms with Gasteiger partial charge in [-0.2, -0.15) is 0 Å². The molecule has 0 saturated heterocycles. The Labute approximate surface area is 218 Å². The molecule has 0 aliphatic rings. The summed E-state index contributed by atoms with van der Waals surface area (Å²) in [4.78, 5) is 16.0. The normalized spacial score (nSPS) is 13.0. The van der Waals surface area contributed by atoms with Crippen molar-refractivity contribution in [1.29, 1.82) is 0 Å². The zero-order valence-corrected chi connectivity index (χ0v) is 23.1. The summed E-state index contributed by atoms with van der Waals surface area (Å²) in [6, 6.07) is 10.7. The Balaban J connectivity index is 1.62. The van der Waals surface area contributed by atoms with E-state index in [9.17, 15) is 9.18 Å². The van der Waals surface area contributed by atoms with E-state index in [0.29, 0.717) is 48.5 Å². The summed E-state index contributed by atoms with van der Waals surface area (Å²) < 4.78 is 32.2. The maximum Gasteiger partial charge on any atom is 0.333 e. The quantitative estimate of drug-likeness (QED) is 0.192. The van der Waals surface area contributed by atoms with Crippen LogP contribution in [0, 0.1) is 5.82 Å². The molecule has 3 aromatic rings. The van der Waals surface area contributed by atoms with Gasteiger partial charge >= 0.3 is 8.60 Å². The second-order valence-corrected chi connectivity index (χ2v) is 11.4. The van der Waals surface area contributed by atoms with Crippen LogP contribution in [0.2, 0.25) is 5.02 Å². The van der Waals surface area contributed by atoms with E-state index in [1.807, 2.05) is 58.9 Å². The number of nitrogens with one attached hydrogen (secondary N) is 2. The average molecular weight is 537 g/mol. The van der Waals surface area contributed by atoms with Gasteiger partial charge in [-0.15, -0.1) is 0 Å². The van der Waals surface area contributed by atoms with E-state index < -0.39 is 14.4 Å². The largest absolute Gasteiger partial charge is 0.358 e. The van der Waals surface area contributed by atoms with Gasteiger partial charge in [0.05, 0.1) is 23.8 Å². The number of aromatic amines is 1. The molecule has 6 nitrogen and oxygen atoms in total. The minimum Gasteiger partial charge on any atom is -0.358 e. The first-order valence-corrected chi connectivity index (χ1v) is 13.6. The van der Waals surface area contributed by atoms with Crippen LogP contribution in [-0.2, 0) is 33.1 Å². The molecule has 0 amide bonds. The molecule has 196 valence electrons. The number of benzene rings is 2. The fraction of sp³-hybridized carbons (Fsp3) is 0.444. The second kappa shape index (κ2) is 13.1. The Hall–Kier alpha value is -1.86. The lowest BCUT2D eigenvalue weighted by Gasteiger charge is -2.26. The molecule has 0 radical (unpaired) electrons. The summed E-state index contributed by atoms with van der Waals surface area (Å²) in [5.74, 6) is -0.442. The van der Waals surface area contributed by atoms with Gasteiger partial charge in [-0.3, -0.25) is 4.79 Å². The van der Waals surface area contributed by atoms with Crippen LogP contribution in [0.4, 0.5) is 4.39 Å². The summed E-state index contributed by atoms with van der Waals surface area (Å²) in [5, 5.41) is 4.28. The van der Waals surface area contributed by atoms with Gasteiger partial charge in [0.1, 0.15) is 5.82 Å². The van der Waals surface area contributed by atoms with Gasteiger partial charge in [-0.25, -0.2) is 4.39 Å². The Morgan fingerprint density at radius 1 is 1.11 bits per heavy atom. The highest BCUT2D eigenvalue weighted by Crippen LogP contribution is 2.45. The first-order chi connectivity index (χ1) is 17.0. The smallest absolute Gasteiger partial charge is 0.333 e. The van der Waals surface area contributed by atoms with Crippen molar-refractivity contribution in [3.8, 4) is 0 Å². The highest BCUT2D eigenvalue weighted by molar-refractivity contribution is 7.41. The molecule has 9 heteroatoms. The molecule has 1 aromatic heterocycles. The SMILES string of the molecule is CC(C)OP(OCCCc1cc(F)c2[nH]cc(CNCc3ccc(Cl)cc3)c(=O)c2c1)OC(C)(C)C. The van der Waals surface area contributed by atoms with E-state index >= 15 is 0 Å². The van der Waals surface area contributed by atoms with Gasteiger partial charge in [0.2, 0.25) is 0 Å². The number of aryl methyl sites for hydroxylation is 1. The van der Waals surface area contributed by atoms with Gasteiger partial charge < -0.3 is 23.9 Å². The van der Waals surface area contributed by atoms with E-state index in [1.165, 1.54) is 6.07 Å². The van der Waals surface area contributed by atoms with Crippen LogP contribution < -0.4 is 10.7 Å². The maximum absolute atomic E-state index is 14.8. The van der Waals surface area contributed by atoms with Crippen LogP contribution in [0.5, 0.6) is 0 Å². The van der Waals surface area contributed by atoms with Gasteiger partial charge in [0.15, 0.2) is 5.43 Å². The van der Waals surface area contributed by atoms with Crippen LogP contribution in [0.1, 0.15) is 57.7 Å². The molecule has 0 aliphatic carbocycles. The molecule has 1 unspecified atom stereocenters. The minimum atomic E-state index is -1.48. The summed E-state index contributed by atoms with van der Waals surface area (Å²) >= 11 is 5.92. The van der Waals surface area contributed by atoms with Crippen molar-refractivity contribution in [2.75, 3.05) is 6.61 Å². The Kier molecular flexibility index (Phi) is 10.4.